The third kappa shape index (κ3) is 4.80. The van der Waals surface area contributed by atoms with Crippen LogP contribution in [0.15, 0.2) is 59.2 Å². The highest BCUT2D eigenvalue weighted by Crippen LogP contribution is 2.35. The first-order chi connectivity index (χ1) is 17.2. The van der Waals surface area contributed by atoms with Crippen LogP contribution >= 0.6 is 0 Å². The number of hydrogen-bond acceptors (Lipinski definition) is 5. The Labute approximate surface area is 206 Å². The molecule has 6 heteroatoms. The third-order valence-electron chi connectivity index (χ3n) is 7.70. The number of hydrogen-bond donors (Lipinski definition) is 0. The van der Waals surface area contributed by atoms with Gasteiger partial charge in [0, 0.05) is 36.7 Å². The lowest BCUT2D eigenvalue weighted by atomic mass is 9.88. The summed E-state index contributed by atoms with van der Waals surface area (Å²) in [5.41, 5.74) is 3.30. The molecule has 4 heterocycles. The number of fused-ring (bicyclic) bond motifs is 2. The smallest absolute Gasteiger partial charge is 0.246 e. The zero-order valence-corrected chi connectivity index (χ0v) is 20.0. The highest BCUT2D eigenvalue weighted by Gasteiger charge is 2.28. The first-order valence-corrected chi connectivity index (χ1v) is 12.8. The lowest BCUT2D eigenvalue weighted by Gasteiger charge is -2.38. The predicted octanol–water partition coefficient (Wildman–Crippen LogP) is 5.29. The van der Waals surface area contributed by atoms with Crippen molar-refractivity contribution >= 4 is 23.0 Å². The number of carbonyl (C=O) groups excluding carboxylic acids is 1. The topological polar surface area (TPSA) is 55.2 Å². The molecule has 0 saturated carbocycles. The molecule has 1 amide bonds. The Morgan fingerprint density at radius 2 is 1.86 bits per heavy atom. The molecule has 0 radical (unpaired) electrons. The maximum atomic E-state index is 12.9. The van der Waals surface area contributed by atoms with Gasteiger partial charge in [-0.3, -0.25) is 4.79 Å². The molecule has 1 atom stereocenters. The van der Waals surface area contributed by atoms with Crippen LogP contribution in [0.1, 0.15) is 42.7 Å². The number of benzene rings is 2. The molecule has 0 spiro atoms. The standard InChI is InChI=1S/C29H32N2O4/c32-29(10-8-21-7-9-27-28(16-21)35-20-34-27)31-13-3-4-22(18-31)17-30-14-11-23(12-15-30)25-19-33-26-6-2-1-5-24(25)26/h1-2,5-10,16,19,22-23H,3-4,11-15,17-18,20H2/t22-/m1/s1. The fraction of sp³-hybridized carbons (Fsp3) is 0.414. The third-order valence-corrected chi connectivity index (χ3v) is 7.70. The molecule has 182 valence electrons. The molecule has 6 nitrogen and oxygen atoms in total. The van der Waals surface area contributed by atoms with Crippen molar-refractivity contribution in [1.82, 2.24) is 9.80 Å². The lowest BCUT2D eigenvalue weighted by Crippen LogP contribution is -2.44. The zero-order chi connectivity index (χ0) is 23.6. The summed E-state index contributed by atoms with van der Waals surface area (Å²) in [6.45, 7) is 5.24. The highest BCUT2D eigenvalue weighted by atomic mass is 16.7. The second kappa shape index (κ2) is 9.78. The minimum absolute atomic E-state index is 0.0953. The minimum Gasteiger partial charge on any atom is -0.464 e. The van der Waals surface area contributed by atoms with Crippen molar-refractivity contribution in [2.24, 2.45) is 5.92 Å². The van der Waals surface area contributed by atoms with E-state index < -0.39 is 0 Å². The van der Waals surface area contributed by atoms with Gasteiger partial charge in [0.05, 0.1) is 6.26 Å². The average molecular weight is 473 g/mol. The molecule has 0 unspecified atom stereocenters. The first kappa shape index (κ1) is 22.2. The van der Waals surface area contributed by atoms with E-state index in [1.807, 2.05) is 47.6 Å². The van der Waals surface area contributed by atoms with E-state index in [9.17, 15) is 4.79 Å². The van der Waals surface area contributed by atoms with Crippen LogP contribution in [0.4, 0.5) is 0 Å². The van der Waals surface area contributed by atoms with Crippen LogP contribution in [-0.2, 0) is 4.79 Å². The van der Waals surface area contributed by atoms with E-state index in [4.69, 9.17) is 13.9 Å². The summed E-state index contributed by atoms with van der Waals surface area (Å²) in [6, 6.07) is 14.1. The quantitative estimate of drug-likeness (QED) is 0.472. The van der Waals surface area contributed by atoms with Gasteiger partial charge < -0.3 is 23.7 Å². The van der Waals surface area contributed by atoms with E-state index in [0.717, 1.165) is 74.6 Å². The van der Waals surface area contributed by atoms with Gasteiger partial charge in [-0.05, 0) is 80.4 Å². The molecule has 2 aromatic carbocycles. The summed E-state index contributed by atoms with van der Waals surface area (Å²) >= 11 is 0. The van der Waals surface area contributed by atoms with Crippen LogP contribution in [0.5, 0.6) is 11.5 Å². The number of ether oxygens (including phenoxy) is 2. The van der Waals surface area contributed by atoms with Crippen LogP contribution in [0.25, 0.3) is 17.0 Å². The van der Waals surface area contributed by atoms with Gasteiger partial charge in [-0.15, -0.1) is 0 Å². The summed E-state index contributed by atoms with van der Waals surface area (Å²) in [6.07, 6.45) is 10.1. The number of rotatable bonds is 5. The molecule has 35 heavy (non-hydrogen) atoms. The second-order valence-electron chi connectivity index (χ2n) is 10.0. The van der Waals surface area contributed by atoms with Crippen LogP contribution in [0.3, 0.4) is 0 Å². The molecule has 3 aliphatic heterocycles. The minimum atomic E-state index is 0.0953. The monoisotopic (exact) mass is 472 g/mol. The van der Waals surface area contributed by atoms with Gasteiger partial charge in [0.25, 0.3) is 0 Å². The summed E-state index contributed by atoms with van der Waals surface area (Å²) in [5, 5.41) is 1.26. The molecule has 6 rings (SSSR count). The van der Waals surface area contributed by atoms with Gasteiger partial charge in [0.15, 0.2) is 11.5 Å². The van der Waals surface area contributed by atoms with Crippen molar-refractivity contribution in [3.63, 3.8) is 0 Å². The molecule has 0 aliphatic carbocycles. The molecule has 0 bridgehead atoms. The van der Waals surface area contributed by atoms with Gasteiger partial charge in [0.2, 0.25) is 12.7 Å². The van der Waals surface area contributed by atoms with E-state index in [1.54, 1.807) is 6.08 Å². The number of furan rings is 1. The van der Waals surface area contributed by atoms with Gasteiger partial charge in [-0.25, -0.2) is 0 Å². The molecule has 3 aromatic rings. The van der Waals surface area contributed by atoms with Crippen LogP contribution in [0.2, 0.25) is 0 Å². The molecule has 2 saturated heterocycles. The Morgan fingerprint density at radius 3 is 2.77 bits per heavy atom. The largest absolute Gasteiger partial charge is 0.464 e. The highest BCUT2D eigenvalue weighted by molar-refractivity contribution is 5.92. The maximum absolute atomic E-state index is 12.9. The van der Waals surface area contributed by atoms with Crippen LogP contribution in [-0.4, -0.2) is 55.2 Å². The van der Waals surface area contributed by atoms with Gasteiger partial charge in [-0.1, -0.05) is 24.3 Å². The van der Waals surface area contributed by atoms with Crippen LogP contribution in [0, 0.1) is 5.92 Å². The Hall–Kier alpha value is -3.25. The van der Waals surface area contributed by atoms with Crippen molar-refractivity contribution in [2.45, 2.75) is 31.6 Å². The molecular formula is C29H32N2O4. The van der Waals surface area contributed by atoms with Gasteiger partial charge >= 0.3 is 0 Å². The van der Waals surface area contributed by atoms with Crippen molar-refractivity contribution in [3.05, 3.63) is 65.9 Å². The summed E-state index contributed by atoms with van der Waals surface area (Å²) in [7, 11) is 0. The van der Waals surface area contributed by atoms with E-state index in [1.165, 1.54) is 17.4 Å². The molecule has 3 aliphatic rings. The molecule has 2 fully saturated rings. The summed E-state index contributed by atoms with van der Waals surface area (Å²) in [5.74, 6) is 2.70. The predicted molar refractivity (Wildman–Crippen MR) is 136 cm³/mol. The Kier molecular flexibility index (Phi) is 6.21. The molecular weight excluding hydrogens is 440 g/mol. The fourth-order valence-corrected chi connectivity index (χ4v) is 5.81. The summed E-state index contributed by atoms with van der Waals surface area (Å²) in [4.78, 5) is 17.5. The number of carbonyl (C=O) groups is 1. The Bertz CT molecular complexity index is 1220. The van der Waals surface area contributed by atoms with Gasteiger partial charge in [-0.2, -0.15) is 0 Å². The normalized spacial score (nSPS) is 21.3. The van der Waals surface area contributed by atoms with Crippen molar-refractivity contribution in [3.8, 4) is 11.5 Å². The lowest BCUT2D eigenvalue weighted by molar-refractivity contribution is -0.127. The van der Waals surface area contributed by atoms with E-state index in [-0.39, 0.29) is 12.7 Å². The van der Waals surface area contributed by atoms with Crippen LogP contribution < -0.4 is 9.47 Å². The van der Waals surface area contributed by atoms with E-state index in [0.29, 0.717) is 11.8 Å². The molecule has 0 N–H and O–H groups in total. The van der Waals surface area contributed by atoms with E-state index in [2.05, 4.69) is 17.0 Å². The first-order valence-electron chi connectivity index (χ1n) is 12.8. The van der Waals surface area contributed by atoms with Crippen molar-refractivity contribution in [1.29, 1.82) is 0 Å². The SMILES string of the molecule is O=C(C=Cc1ccc2c(c1)OCO2)N1CCC[C@H](CN2CCC(c3coc4ccccc34)CC2)C1. The second-order valence-corrected chi connectivity index (χ2v) is 10.0. The zero-order valence-electron chi connectivity index (χ0n) is 20.0. The number of amides is 1. The van der Waals surface area contributed by atoms with Crippen molar-refractivity contribution in [2.75, 3.05) is 39.5 Å². The number of para-hydroxylation sites is 1. The fourth-order valence-electron chi connectivity index (χ4n) is 5.81. The average Bonchev–Trinajstić information content (AvgIpc) is 3.55. The number of likely N-dealkylation sites (tertiary alicyclic amines) is 2. The van der Waals surface area contributed by atoms with Gasteiger partial charge in [0.1, 0.15) is 5.58 Å². The Morgan fingerprint density at radius 1 is 1.00 bits per heavy atom. The molecule has 1 aromatic heterocycles. The van der Waals surface area contributed by atoms with E-state index >= 15 is 0 Å². The van der Waals surface area contributed by atoms with Crippen molar-refractivity contribution < 1.29 is 18.7 Å². The maximum Gasteiger partial charge on any atom is 0.246 e. The number of piperidine rings is 2. The summed E-state index contributed by atoms with van der Waals surface area (Å²) < 4.78 is 16.6. The number of nitrogens with zero attached hydrogens (tertiary/aromatic N) is 2. The Balaban J connectivity index is 1.01.